The number of nitrogens with zero attached hydrogens (tertiary/aromatic N) is 2. The Morgan fingerprint density at radius 2 is 1.95 bits per heavy atom. The van der Waals surface area contributed by atoms with Crippen molar-refractivity contribution in [2.45, 2.75) is 38.4 Å². The lowest BCUT2D eigenvalue weighted by Gasteiger charge is -2.17. The molecule has 0 saturated carbocycles. The van der Waals surface area contributed by atoms with E-state index < -0.39 is 24.6 Å². The van der Waals surface area contributed by atoms with Gasteiger partial charge in [0.1, 0.15) is 30.2 Å². The standard InChI is InChI=1S/C14H18N2O5/c1-7-3-9-10(4-8(7)2)16(6-15-9)21-14-13(19)12(18)11(5-17)20-14/h3-4,6,11-14,17-19H,5H2,1-2H3/t11-,12-,13-,14-/m1/s1. The van der Waals surface area contributed by atoms with E-state index in [0.717, 1.165) is 22.2 Å². The highest BCUT2D eigenvalue weighted by atomic mass is 16.8. The van der Waals surface area contributed by atoms with Crippen LogP contribution in [0.2, 0.25) is 0 Å². The maximum Gasteiger partial charge on any atom is 0.254 e. The highest BCUT2D eigenvalue weighted by molar-refractivity contribution is 5.76. The molecule has 1 aromatic heterocycles. The molecule has 7 nitrogen and oxygen atoms in total. The van der Waals surface area contributed by atoms with Crippen LogP contribution in [0.1, 0.15) is 11.1 Å². The van der Waals surface area contributed by atoms with E-state index in [2.05, 4.69) is 4.98 Å². The van der Waals surface area contributed by atoms with E-state index >= 15 is 0 Å². The van der Waals surface area contributed by atoms with Crippen molar-refractivity contribution in [3.8, 4) is 0 Å². The zero-order valence-electron chi connectivity index (χ0n) is 11.8. The van der Waals surface area contributed by atoms with Gasteiger partial charge in [-0.05, 0) is 37.1 Å². The van der Waals surface area contributed by atoms with Gasteiger partial charge in [0.2, 0.25) is 0 Å². The second-order valence-electron chi connectivity index (χ2n) is 5.31. The molecule has 0 radical (unpaired) electrons. The van der Waals surface area contributed by atoms with Crippen molar-refractivity contribution in [2.75, 3.05) is 6.61 Å². The van der Waals surface area contributed by atoms with Crippen LogP contribution in [0, 0.1) is 13.8 Å². The normalized spacial score (nSPS) is 29.2. The second-order valence-corrected chi connectivity index (χ2v) is 5.31. The molecule has 7 heteroatoms. The van der Waals surface area contributed by atoms with Gasteiger partial charge in [-0.3, -0.25) is 0 Å². The van der Waals surface area contributed by atoms with Crippen LogP contribution in [-0.2, 0) is 4.74 Å². The Hall–Kier alpha value is -1.67. The van der Waals surface area contributed by atoms with Crippen molar-refractivity contribution in [2.24, 2.45) is 0 Å². The molecular formula is C14H18N2O5. The fourth-order valence-corrected chi connectivity index (χ4v) is 2.39. The van der Waals surface area contributed by atoms with E-state index in [4.69, 9.17) is 14.7 Å². The molecule has 0 spiro atoms. The van der Waals surface area contributed by atoms with Gasteiger partial charge in [0.15, 0.2) is 0 Å². The van der Waals surface area contributed by atoms with Gasteiger partial charge in [-0.25, -0.2) is 4.98 Å². The Balaban J connectivity index is 1.87. The third-order valence-electron chi connectivity index (χ3n) is 3.85. The summed E-state index contributed by atoms with van der Waals surface area (Å²) in [5.41, 5.74) is 3.73. The van der Waals surface area contributed by atoms with Gasteiger partial charge in [0.05, 0.1) is 12.1 Å². The number of aryl methyl sites for hydroxylation is 2. The lowest BCUT2D eigenvalue weighted by atomic mass is 10.1. The van der Waals surface area contributed by atoms with E-state index in [1.807, 2.05) is 26.0 Å². The van der Waals surface area contributed by atoms with Gasteiger partial charge < -0.3 is 24.9 Å². The molecular weight excluding hydrogens is 276 g/mol. The van der Waals surface area contributed by atoms with Crippen LogP contribution in [0.3, 0.4) is 0 Å². The molecule has 4 atom stereocenters. The van der Waals surface area contributed by atoms with Crippen LogP contribution in [-0.4, -0.2) is 56.2 Å². The predicted molar refractivity (Wildman–Crippen MR) is 73.5 cm³/mol. The molecule has 1 fully saturated rings. The van der Waals surface area contributed by atoms with Gasteiger partial charge >= 0.3 is 0 Å². The third kappa shape index (κ3) is 2.38. The quantitative estimate of drug-likeness (QED) is 0.707. The lowest BCUT2D eigenvalue weighted by Crippen LogP contribution is -2.38. The van der Waals surface area contributed by atoms with Gasteiger partial charge in [0, 0.05) is 0 Å². The number of aliphatic hydroxyl groups is 3. The van der Waals surface area contributed by atoms with Crippen molar-refractivity contribution in [1.82, 2.24) is 9.71 Å². The summed E-state index contributed by atoms with van der Waals surface area (Å²) in [5.74, 6) is 0. The molecule has 0 amide bonds. The Kier molecular flexibility index (Phi) is 3.58. The number of benzene rings is 1. The fourth-order valence-electron chi connectivity index (χ4n) is 2.39. The number of imidazole rings is 1. The average Bonchev–Trinajstić information content (AvgIpc) is 2.96. The van der Waals surface area contributed by atoms with Gasteiger partial charge in [-0.15, -0.1) is 0 Å². The van der Waals surface area contributed by atoms with E-state index in [9.17, 15) is 10.2 Å². The topological polar surface area (TPSA) is 97.0 Å². The number of aliphatic hydroxyl groups excluding tert-OH is 3. The second kappa shape index (κ2) is 5.27. The Morgan fingerprint density at radius 3 is 2.62 bits per heavy atom. The Bertz CT molecular complexity index is 656. The number of rotatable bonds is 3. The van der Waals surface area contributed by atoms with Crippen LogP contribution in [0.4, 0.5) is 0 Å². The van der Waals surface area contributed by atoms with Gasteiger partial charge in [-0.1, -0.05) is 0 Å². The minimum absolute atomic E-state index is 0.388. The summed E-state index contributed by atoms with van der Waals surface area (Å²) in [7, 11) is 0. The first-order valence-electron chi connectivity index (χ1n) is 6.75. The van der Waals surface area contributed by atoms with E-state index in [0.29, 0.717) is 0 Å². The number of hydrogen-bond acceptors (Lipinski definition) is 6. The van der Waals surface area contributed by atoms with E-state index in [1.54, 1.807) is 0 Å². The van der Waals surface area contributed by atoms with E-state index in [1.165, 1.54) is 11.1 Å². The third-order valence-corrected chi connectivity index (χ3v) is 3.85. The zero-order valence-corrected chi connectivity index (χ0v) is 11.8. The summed E-state index contributed by atoms with van der Waals surface area (Å²) >= 11 is 0. The molecule has 21 heavy (non-hydrogen) atoms. The first-order chi connectivity index (χ1) is 10.0. The molecule has 1 saturated heterocycles. The maximum atomic E-state index is 9.88. The smallest absolute Gasteiger partial charge is 0.254 e. The molecule has 114 valence electrons. The summed E-state index contributed by atoms with van der Waals surface area (Å²) in [4.78, 5) is 9.78. The van der Waals surface area contributed by atoms with Crippen molar-refractivity contribution in [3.63, 3.8) is 0 Å². The molecule has 1 aromatic carbocycles. The first-order valence-corrected chi connectivity index (χ1v) is 6.75. The van der Waals surface area contributed by atoms with E-state index in [-0.39, 0.29) is 6.61 Å². The molecule has 1 aliphatic heterocycles. The number of fused-ring (bicyclic) bond motifs is 1. The SMILES string of the molecule is Cc1cc2ncn(O[C@H]3O[C@H](CO)[C@@H](O)[C@H]3O)c2cc1C. The van der Waals surface area contributed by atoms with Gasteiger partial charge in [-0.2, -0.15) is 4.73 Å². The molecule has 3 rings (SSSR count). The first kappa shape index (κ1) is 14.3. The van der Waals surface area contributed by atoms with Gasteiger partial charge in [0.25, 0.3) is 6.29 Å². The number of aromatic nitrogens is 2. The maximum absolute atomic E-state index is 9.88. The van der Waals surface area contributed by atoms with Crippen LogP contribution < -0.4 is 4.84 Å². The fraction of sp³-hybridized carbons (Fsp3) is 0.500. The molecule has 0 aliphatic carbocycles. The molecule has 0 unspecified atom stereocenters. The van der Waals surface area contributed by atoms with Crippen molar-refractivity contribution in [1.29, 1.82) is 0 Å². The van der Waals surface area contributed by atoms with Crippen molar-refractivity contribution in [3.05, 3.63) is 29.6 Å². The summed E-state index contributed by atoms with van der Waals surface area (Å²) in [6.07, 6.45) is -2.84. The minimum atomic E-state index is -1.23. The molecule has 1 aliphatic rings. The van der Waals surface area contributed by atoms with Crippen LogP contribution >= 0.6 is 0 Å². The summed E-state index contributed by atoms with van der Waals surface area (Å²) < 4.78 is 6.70. The number of hydrogen-bond donors (Lipinski definition) is 3. The molecule has 3 N–H and O–H groups in total. The average molecular weight is 294 g/mol. The Labute approximate surface area is 121 Å². The zero-order chi connectivity index (χ0) is 15.1. The summed E-state index contributed by atoms with van der Waals surface area (Å²) in [6.45, 7) is 3.60. The molecule has 2 heterocycles. The predicted octanol–water partition coefficient (Wildman–Crippen LogP) is -0.479. The van der Waals surface area contributed by atoms with Crippen LogP contribution in [0.15, 0.2) is 18.5 Å². The highest BCUT2D eigenvalue weighted by Gasteiger charge is 2.44. The van der Waals surface area contributed by atoms with Crippen LogP contribution in [0.25, 0.3) is 11.0 Å². The minimum Gasteiger partial charge on any atom is -0.394 e. The number of ether oxygens (including phenoxy) is 1. The van der Waals surface area contributed by atoms with Crippen LogP contribution in [0.5, 0.6) is 0 Å². The summed E-state index contributed by atoms with van der Waals surface area (Å²) in [6, 6.07) is 3.88. The highest BCUT2D eigenvalue weighted by Crippen LogP contribution is 2.22. The monoisotopic (exact) mass is 294 g/mol. The van der Waals surface area contributed by atoms with Crippen molar-refractivity contribution >= 4 is 11.0 Å². The van der Waals surface area contributed by atoms with Crippen molar-refractivity contribution < 1.29 is 24.9 Å². The lowest BCUT2D eigenvalue weighted by molar-refractivity contribution is -0.168. The summed E-state index contributed by atoms with van der Waals surface area (Å²) in [5, 5.41) is 28.7. The Morgan fingerprint density at radius 1 is 1.24 bits per heavy atom. The molecule has 0 bridgehead atoms. The largest absolute Gasteiger partial charge is 0.394 e. The molecule has 2 aromatic rings.